The second kappa shape index (κ2) is 19.6. The molecule has 1 aromatic rings. The fourth-order valence-corrected chi connectivity index (χ4v) is 2.60. The Labute approximate surface area is 189 Å². The molecule has 2 aliphatic rings. The van der Waals surface area contributed by atoms with Gasteiger partial charge in [0.2, 0.25) is 0 Å². The van der Waals surface area contributed by atoms with Crippen LogP contribution in [0.15, 0.2) is 43.0 Å². The van der Waals surface area contributed by atoms with Gasteiger partial charge in [0, 0.05) is 37.6 Å². The molecule has 0 amide bonds. The Morgan fingerprint density at radius 1 is 1.06 bits per heavy atom. The minimum atomic E-state index is -0.773. The van der Waals surface area contributed by atoms with Gasteiger partial charge in [0.15, 0.2) is 0 Å². The topological polar surface area (TPSA) is 99.9 Å². The van der Waals surface area contributed by atoms with Crippen molar-refractivity contribution in [2.45, 2.75) is 38.5 Å². The van der Waals surface area contributed by atoms with Crippen LogP contribution in [0.4, 0.5) is 9.59 Å². The van der Waals surface area contributed by atoms with Gasteiger partial charge in [0.1, 0.15) is 0 Å². The fraction of sp³-hybridized carbons (Fsp3) is 0.591. The van der Waals surface area contributed by atoms with Gasteiger partial charge in [-0.2, -0.15) is 0 Å². The quantitative estimate of drug-likeness (QED) is 0.391. The monoisotopic (exact) mass is 458 g/mol. The van der Waals surface area contributed by atoms with E-state index in [4.69, 9.17) is 9.84 Å². The molecule has 0 saturated heterocycles. The lowest BCUT2D eigenvalue weighted by Gasteiger charge is -2.16. The van der Waals surface area contributed by atoms with Crippen molar-refractivity contribution in [3.63, 3.8) is 0 Å². The third-order valence-corrected chi connectivity index (χ3v) is 4.57. The molecule has 0 aromatic carbocycles. The van der Waals surface area contributed by atoms with Gasteiger partial charge in [0.05, 0.1) is 27.2 Å². The molecule has 1 aromatic heterocycles. The first-order chi connectivity index (χ1) is 14.9. The number of aromatic nitrogens is 2. The van der Waals surface area contributed by atoms with Crippen LogP contribution in [0.2, 0.25) is 0 Å². The predicted octanol–water partition coefficient (Wildman–Crippen LogP) is 4.87. The summed E-state index contributed by atoms with van der Waals surface area (Å²) in [5, 5.41) is 8.66. The maximum absolute atomic E-state index is 10.6. The number of hydrogen-bond acceptors (Lipinski definition) is 7. The van der Waals surface area contributed by atoms with Gasteiger partial charge in [-0.15, -0.1) is 0 Å². The van der Waals surface area contributed by atoms with E-state index in [-0.39, 0.29) is 0 Å². The van der Waals surface area contributed by atoms with Gasteiger partial charge in [-0.3, -0.25) is 0 Å². The lowest BCUT2D eigenvalue weighted by molar-refractivity contribution is 0.0587. The third-order valence-electron chi connectivity index (χ3n) is 4.41. The van der Waals surface area contributed by atoms with Gasteiger partial charge in [-0.25, -0.2) is 14.6 Å². The zero-order valence-electron chi connectivity index (χ0n) is 18.6. The molecular formula is C22H35ClN2O6. The maximum Gasteiger partial charge on any atom is 0.507 e. The number of methoxy groups -OCH3 is 2. The number of rotatable bonds is 3. The summed E-state index contributed by atoms with van der Waals surface area (Å²) in [4.78, 5) is 23.7. The second-order valence-electron chi connectivity index (χ2n) is 6.92. The molecule has 3 rings (SSSR count). The number of nitrogens with zero attached hydrogens (tertiary/aromatic N) is 2. The Hall–Kier alpha value is -2.32. The average molecular weight is 459 g/mol. The molecule has 2 atom stereocenters. The maximum atomic E-state index is 10.6. The summed E-state index contributed by atoms with van der Waals surface area (Å²) in [5.41, 5.74) is -0.773. The highest BCUT2D eigenvalue weighted by atomic mass is 35.5. The molecule has 0 radical (unpaired) electrons. The largest absolute Gasteiger partial charge is 0.507 e. The van der Waals surface area contributed by atoms with Crippen molar-refractivity contribution < 1.29 is 28.9 Å². The molecule has 0 bridgehead atoms. The van der Waals surface area contributed by atoms with E-state index in [0.29, 0.717) is 25.0 Å². The number of imidazole rings is 1. The number of halogens is 1. The van der Waals surface area contributed by atoms with Gasteiger partial charge in [0.25, 0.3) is 0 Å². The summed E-state index contributed by atoms with van der Waals surface area (Å²) in [5.74, 6) is 1.04. The summed E-state index contributed by atoms with van der Waals surface area (Å²) in [6.07, 6.45) is 20.1. The summed E-state index contributed by atoms with van der Waals surface area (Å²) in [6.45, 7) is 0.849. The number of allylic oxidation sites excluding steroid dienone is 4. The molecule has 1 N–H and O–H groups in total. The van der Waals surface area contributed by atoms with Crippen LogP contribution >= 0.6 is 11.6 Å². The van der Waals surface area contributed by atoms with E-state index in [1.807, 2.05) is 17.8 Å². The Morgan fingerprint density at radius 3 is 1.94 bits per heavy atom. The Morgan fingerprint density at radius 2 is 1.65 bits per heavy atom. The standard InChI is InChI=1S/C9H14O3.C7H12O.C4H6N2.C2H3ClO2/c1-11-9(10)12-7-8-5-3-2-4-6-8;8-6-7-4-2-1-3-5-7;1-6-3-2-5-4-6;1-5-2(3)4/h2-3,8H,4-7H2,1H3;1-2,7-8H,3-6H2;2-4H,1H3;1H3. The van der Waals surface area contributed by atoms with Gasteiger partial charge in [-0.05, 0) is 50.4 Å². The molecule has 2 unspecified atom stereocenters. The number of aryl methyl sites for hydroxylation is 1. The highest BCUT2D eigenvalue weighted by Crippen LogP contribution is 2.18. The lowest BCUT2D eigenvalue weighted by Crippen LogP contribution is -2.14. The fourth-order valence-electron chi connectivity index (χ4n) is 2.60. The minimum absolute atomic E-state index is 0.365. The Kier molecular flexibility index (Phi) is 18.2. The average Bonchev–Trinajstić information content (AvgIpc) is 3.30. The predicted molar refractivity (Wildman–Crippen MR) is 120 cm³/mol. The number of aliphatic hydroxyl groups excluding tert-OH is 1. The zero-order valence-corrected chi connectivity index (χ0v) is 19.4. The van der Waals surface area contributed by atoms with Crippen molar-refractivity contribution >= 4 is 23.2 Å². The molecule has 0 fully saturated rings. The lowest BCUT2D eigenvalue weighted by atomic mass is 9.95. The first-order valence-corrected chi connectivity index (χ1v) is 10.6. The SMILES string of the molecule is COC(=O)Cl.COC(=O)OCC1CC=CCC1.Cn1ccnc1.OCC1CC=CCC1. The number of ether oxygens (including phenoxy) is 3. The van der Waals surface area contributed by atoms with Crippen LogP contribution in [-0.2, 0) is 21.3 Å². The van der Waals surface area contributed by atoms with Crippen LogP contribution in [0.1, 0.15) is 38.5 Å². The molecule has 31 heavy (non-hydrogen) atoms. The number of aliphatic hydroxyl groups is 1. The second-order valence-corrected chi connectivity index (χ2v) is 7.23. The van der Waals surface area contributed by atoms with Crippen molar-refractivity contribution in [1.29, 1.82) is 0 Å². The molecule has 8 nitrogen and oxygen atoms in total. The van der Waals surface area contributed by atoms with Crippen molar-refractivity contribution in [2.75, 3.05) is 27.4 Å². The van der Waals surface area contributed by atoms with E-state index >= 15 is 0 Å². The van der Waals surface area contributed by atoms with Crippen LogP contribution in [0.25, 0.3) is 0 Å². The zero-order chi connectivity index (χ0) is 23.3. The van der Waals surface area contributed by atoms with Crippen LogP contribution < -0.4 is 0 Å². The number of hydrogen-bond donors (Lipinski definition) is 1. The summed E-state index contributed by atoms with van der Waals surface area (Å²) in [7, 11) is 4.48. The summed E-state index contributed by atoms with van der Waals surface area (Å²) in [6, 6.07) is 0. The first-order valence-electron chi connectivity index (χ1n) is 10.2. The van der Waals surface area contributed by atoms with Crippen LogP contribution in [0, 0.1) is 11.8 Å². The first kappa shape index (κ1) is 28.7. The molecule has 0 aliphatic heterocycles. The Bertz CT molecular complexity index is 634. The number of carbonyl (C=O) groups is 2. The highest BCUT2D eigenvalue weighted by molar-refractivity contribution is 6.61. The number of carbonyl (C=O) groups excluding carboxylic acids is 2. The van der Waals surface area contributed by atoms with E-state index in [0.717, 1.165) is 32.1 Å². The van der Waals surface area contributed by atoms with Gasteiger partial charge in [-0.1, -0.05) is 24.3 Å². The van der Waals surface area contributed by atoms with E-state index in [1.165, 1.54) is 20.6 Å². The van der Waals surface area contributed by atoms with Crippen LogP contribution in [-0.4, -0.2) is 53.7 Å². The third kappa shape index (κ3) is 18.2. The van der Waals surface area contributed by atoms with Gasteiger partial charge >= 0.3 is 11.6 Å². The normalized spacial score (nSPS) is 18.6. The molecule has 1 heterocycles. The molecule has 0 saturated carbocycles. The van der Waals surface area contributed by atoms with Crippen molar-refractivity contribution in [3.8, 4) is 0 Å². The van der Waals surface area contributed by atoms with Crippen molar-refractivity contribution in [2.24, 2.45) is 18.9 Å². The summed E-state index contributed by atoms with van der Waals surface area (Å²) < 4.78 is 15.0. The van der Waals surface area contributed by atoms with E-state index in [1.54, 1.807) is 12.5 Å². The molecule has 176 valence electrons. The van der Waals surface area contributed by atoms with Crippen molar-refractivity contribution in [3.05, 3.63) is 43.0 Å². The van der Waals surface area contributed by atoms with Crippen molar-refractivity contribution in [1.82, 2.24) is 9.55 Å². The molecule has 0 spiro atoms. The molecular weight excluding hydrogens is 424 g/mol. The van der Waals surface area contributed by atoms with Crippen LogP contribution in [0.3, 0.4) is 0 Å². The Balaban J connectivity index is 0.000000412. The molecule has 2 aliphatic carbocycles. The van der Waals surface area contributed by atoms with Gasteiger partial charge < -0.3 is 23.9 Å². The van der Waals surface area contributed by atoms with E-state index in [9.17, 15) is 9.59 Å². The van der Waals surface area contributed by atoms with E-state index in [2.05, 4.69) is 50.4 Å². The van der Waals surface area contributed by atoms with E-state index < -0.39 is 11.6 Å². The minimum Gasteiger partial charge on any atom is -0.457 e. The van der Waals surface area contributed by atoms with Crippen LogP contribution in [0.5, 0.6) is 0 Å². The smallest absolute Gasteiger partial charge is 0.457 e. The highest BCUT2D eigenvalue weighted by Gasteiger charge is 2.12. The summed E-state index contributed by atoms with van der Waals surface area (Å²) >= 11 is 4.60. The molecule has 9 heteroatoms.